The molecule has 76 valence electrons. The van der Waals surface area contributed by atoms with E-state index in [0.717, 1.165) is 45.5 Å². The van der Waals surface area contributed by atoms with Crippen LogP contribution in [0.3, 0.4) is 0 Å². The predicted molar refractivity (Wildman–Crippen MR) is 50.6 cm³/mol. The van der Waals surface area contributed by atoms with Gasteiger partial charge in [0.05, 0.1) is 13.2 Å². The molecule has 0 aromatic carbocycles. The Kier molecular flexibility index (Phi) is 2.86. The Balaban J connectivity index is 1.99. The minimum absolute atomic E-state index is 0.0613. The molecule has 0 bridgehead atoms. The van der Waals surface area contributed by atoms with Gasteiger partial charge in [0.15, 0.2) is 0 Å². The van der Waals surface area contributed by atoms with Crippen molar-refractivity contribution in [2.45, 2.75) is 44.4 Å². The van der Waals surface area contributed by atoms with Crippen LogP contribution in [0.4, 0.5) is 0 Å². The second-order valence-electron chi connectivity index (χ2n) is 4.14. The van der Waals surface area contributed by atoms with Gasteiger partial charge in [0, 0.05) is 19.1 Å². The highest BCUT2D eigenvalue weighted by Gasteiger charge is 2.35. The molecular weight excluding hydrogens is 166 g/mol. The molecule has 0 aromatic rings. The van der Waals surface area contributed by atoms with Gasteiger partial charge in [0.1, 0.15) is 5.72 Å². The van der Waals surface area contributed by atoms with Crippen LogP contribution in [0.1, 0.15) is 32.6 Å². The van der Waals surface area contributed by atoms with E-state index in [1.54, 1.807) is 0 Å². The zero-order chi connectivity index (χ0) is 9.15. The van der Waals surface area contributed by atoms with Crippen molar-refractivity contribution in [1.82, 2.24) is 5.32 Å². The highest BCUT2D eigenvalue weighted by atomic mass is 16.5. The Morgan fingerprint density at radius 1 is 1.23 bits per heavy atom. The van der Waals surface area contributed by atoms with Crippen LogP contribution < -0.4 is 5.32 Å². The Hall–Kier alpha value is -0.120. The van der Waals surface area contributed by atoms with E-state index in [2.05, 4.69) is 12.2 Å². The Bertz CT molecular complexity index is 164. The molecule has 2 heterocycles. The summed E-state index contributed by atoms with van der Waals surface area (Å²) in [5.41, 5.74) is -0.0613. The monoisotopic (exact) mass is 185 g/mol. The summed E-state index contributed by atoms with van der Waals surface area (Å²) in [7, 11) is 0. The third-order valence-corrected chi connectivity index (χ3v) is 2.96. The first kappa shape index (κ1) is 9.44. The van der Waals surface area contributed by atoms with E-state index in [4.69, 9.17) is 9.47 Å². The van der Waals surface area contributed by atoms with Crippen LogP contribution in [0.25, 0.3) is 0 Å². The van der Waals surface area contributed by atoms with Crippen LogP contribution in [-0.4, -0.2) is 31.6 Å². The highest BCUT2D eigenvalue weighted by molar-refractivity contribution is 4.85. The lowest BCUT2D eigenvalue weighted by atomic mass is 10.0. The topological polar surface area (TPSA) is 30.5 Å². The van der Waals surface area contributed by atoms with Gasteiger partial charge < -0.3 is 9.47 Å². The minimum Gasteiger partial charge on any atom is -0.381 e. The maximum atomic E-state index is 5.87. The standard InChI is InChI=1S/C10H19NO2/c1-9-3-7-13-10(11-9)4-2-6-12-8-5-10/h9,11H,2-8H2,1H3. The lowest BCUT2D eigenvalue weighted by Crippen LogP contribution is -2.55. The van der Waals surface area contributed by atoms with Gasteiger partial charge in [-0.2, -0.15) is 0 Å². The van der Waals surface area contributed by atoms with E-state index in [0.29, 0.717) is 6.04 Å². The molecule has 2 fully saturated rings. The van der Waals surface area contributed by atoms with Crippen LogP contribution in [-0.2, 0) is 9.47 Å². The Labute approximate surface area is 79.8 Å². The average Bonchev–Trinajstić information content (AvgIpc) is 2.31. The molecule has 1 N–H and O–H groups in total. The Morgan fingerprint density at radius 2 is 2.15 bits per heavy atom. The van der Waals surface area contributed by atoms with Gasteiger partial charge in [-0.15, -0.1) is 0 Å². The average molecular weight is 185 g/mol. The van der Waals surface area contributed by atoms with E-state index in [-0.39, 0.29) is 5.72 Å². The van der Waals surface area contributed by atoms with Gasteiger partial charge in [0.25, 0.3) is 0 Å². The molecule has 1 spiro atoms. The first-order chi connectivity index (χ1) is 6.31. The van der Waals surface area contributed by atoms with Gasteiger partial charge in [-0.05, 0) is 26.2 Å². The van der Waals surface area contributed by atoms with Crippen molar-refractivity contribution in [2.75, 3.05) is 19.8 Å². The van der Waals surface area contributed by atoms with Crippen molar-refractivity contribution >= 4 is 0 Å². The van der Waals surface area contributed by atoms with Crippen molar-refractivity contribution in [2.24, 2.45) is 0 Å². The quantitative estimate of drug-likeness (QED) is 0.616. The summed E-state index contributed by atoms with van der Waals surface area (Å²) in [5, 5.41) is 3.57. The maximum absolute atomic E-state index is 5.87. The molecule has 2 unspecified atom stereocenters. The van der Waals surface area contributed by atoms with E-state index in [9.17, 15) is 0 Å². The maximum Gasteiger partial charge on any atom is 0.121 e. The molecule has 13 heavy (non-hydrogen) atoms. The summed E-state index contributed by atoms with van der Waals surface area (Å²) in [4.78, 5) is 0. The number of rotatable bonds is 0. The van der Waals surface area contributed by atoms with Crippen molar-refractivity contribution in [3.8, 4) is 0 Å². The lowest BCUT2D eigenvalue weighted by molar-refractivity contribution is -0.118. The van der Waals surface area contributed by atoms with Gasteiger partial charge in [-0.1, -0.05) is 0 Å². The minimum atomic E-state index is -0.0613. The molecule has 2 atom stereocenters. The van der Waals surface area contributed by atoms with E-state index in [1.807, 2.05) is 0 Å². The molecule has 0 radical (unpaired) electrons. The van der Waals surface area contributed by atoms with Crippen molar-refractivity contribution in [3.63, 3.8) is 0 Å². The van der Waals surface area contributed by atoms with Crippen molar-refractivity contribution < 1.29 is 9.47 Å². The van der Waals surface area contributed by atoms with Gasteiger partial charge in [-0.3, -0.25) is 5.32 Å². The first-order valence-electron chi connectivity index (χ1n) is 5.30. The third kappa shape index (κ3) is 2.22. The normalized spacial score (nSPS) is 41.8. The van der Waals surface area contributed by atoms with Crippen LogP contribution in [0.2, 0.25) is 0 Å². The number of hydrogen-bond acceptors (Lipinski definition) is 3. The summed E-state index contributed by atoms with van der Waals surface area (Å²) in [6.45, 7) is 4.85. The highest BCUT2D eigenvalue weighted by Crippen LogP contribution is 2.26. The molecule has 0 aliphatic carbocycles. The molecule has 0 amide bonds. The predicted octanol–water partition coefficient (Wildman–Crippen LogP) is 1.28. The SMILES string of the molecule is CC1CCOC2(CCCOCC2)N1. The zero-order valence-corrected chi connectivity index (χ0v) is 8.34. The second-order valence-corrected chi connectivity index (χ2v) is 4.14. The van der Waals surface area contributed by atoms with Crippen LogP contribution >= 0.6 is 0 Å². The number of nitrogens with one attached hydrogen (secondary N) is 1. The summed E-state index contributed by atoms with van der Waals surface area (Å²) in [6.07, 6.45) is 4.33. The van der Waals surface area contributed by atoms with Crippen molar-refractivity contribution in [1.29, 1.82) is 0 Å². The van der Waals surface area contributed by atoms with Crippen LogP contribution in [0.15, 0.2) is 0 Å². The molecule has 2 rings (SSSR count). The molecule has 2 aliphatic heterocycles. The van der Waals surface area contributed by atoms with Gasteiger partial charge in [0.2, 0.25) is 0 Å². The fraction of sp³-hybridized carbons (Fsp3) is 1.00. The number of ether oxygens (including phenoxy) is 2. The van der Waals surface area contributed by atoms with Crippen molar-refractivity contribution in [3.05, 3.63) is 0 Å². The van der Waals surface area contributed by atoms with Crippen LogP contribution in [0, 0.1) is 0 Å². The van der Waals surface area contributed by atoms with Gasteiger partial charge in [-0.25, -0.2) is 0 Å². The summed E-state index contributed by atoms with van der Waals surface area (Å²) in [5.74, 6) is 0. The largest absolute Gasteiger partial charge is 0.381 e. The number of hydrogen-bond donors (Lipinski definition) is 1. The van der Waals surface area contributed by atoms with Crippen LogP contribution in [0.5, 0.6) is 0 Å². The first-order valence-corrected chi connectivity index (χ1v) is 5.30. The van der Waals surface area contributed by atoms with E-state index in [1.165, 1.54) is 0 Å². The molecule has 3 heteroatoms. The lowest BCUT2D eigenvalue weighted by Gasteiger charge is -2.40. The molecule has 3 nitrogen and oxygen atoms in total. The molecule has 2 aliphatic rings. The summed E-state index contributed by atoms with van der Waals surface area (Å²) < 4.78 is 11.3. The molecular formula is C10H19NO2. The smallest absolute Gasteiger partial charge is 0.121 e. The molecule has 0 saturated carbocycles. The van der Waals surface area contributed by atoms with E-state index < -0.39 is 0 Å². The Morgan fingerprint density at radius 3 is 3.00 bits per heavy atom. The summed E-state index contributed by atoms with van der Waals surface area (Å²) >= 11 is 0. The summed E-state index contributed by atoms with van der Waals surface area (Å²) in [6, 6.07) is 0.590. The fourth-order valence-electron chi connectivity index (χ4n) is 2.21. The van der Waals surface area contributed by atoms with E-state index >= 15 is 0 Å². The van der Waals surface area contributed by atoms with Gasteiger partial charge >= 0.3 is 0 Å². The molecule has 2 saturated heterocycles. The fourth-order valence-corrected chi connectivity index (χ4v) is 2.21. The zero-order valence-electron chi connectivity index (χ0n) is 8.34. The second kappa shape index (κ2) is 3.95. The third-order valence-electron chi connectivity index (χ3n) is 2.96. The molecule has 0 aromatic heterocycles.